The first-order valence-corrected chi connectivity index (χ1v) is 5.88. The van der Waals surface area contributed by atoms with Crippen molar-refractivity contribution >= 4 is 5.97 Å². The average Bonchev–Trinajstić information content (AvgIpc) is 2.30. The second-order valence-corrected chi connectivity index (χ2v) is 3.71. The molecule has 1 aromatic rings. The summed E-state index contributed by atoms with van der Waals surface area (Å²) < 4.78 is 10.3. The molecule has 0 unspecified atom stereocenters. The monoisotopic (exact) mass is 238 g/mol. The maximum absolute atomic E-state index is 11.3. The Morgan fingerprint density at radius 1 is 1.35 bits per heavy atom. The molecule has 94 valence electrons. The van der Waals surface area contributed by atoms with Crippen molar-refractivity contribution in [3.63, 3.8) is 0 Å². The van der Waals surface area contributed by atoms with Crippen LogP contribution in [0.1, 0.15) is 31.9 Å². The van der Waals surface area contributed by atoms with Crippen molar-refractivity contribution < 1.29 is 20.0 Å². The summed E-state index contributed by atoms with van der Waals surface area (Å²) in [7, 11) is 0. The van der Waals surface area contributed by atoms with Gasteiger partial charge in [0.1, 0.15) is 18.2 Å². The van der Waals surface area contributed by atoms with Crippen LogP contribution in [0.2, 0.25) is 0 Å². The van der Waals surface area contributed by atoms with Crippen LogP contribution < -0.4 is 10.5 Å². The molecule has 0 aliphatic heterocycles. The minimum absolute atomic E-state index is 0.102. The summed E-state index contributed by atoms with van der Waals surface area (Å²) in [6.07, 6.45) is 0.295. The molecule has 0 aromatic heterocycles. The van der Waals surface area contributed by atoms with E-state index in [1.54, 1.807) is 6.92 Å². The van der Waals surface area contributed by atoms with Crippen molar-refractivity contribution in [2.75, 3.05) is 13.2 Å². The van der Waals surface area contributed by atoms with Gasteiger partial charge in [0, 0.05) is 5.56 Å². The first-order valence-electron chi connectivity index (χ1n) is 5.88. The van der Waals surface area contributed by atoms with Crippen molar-refractivity contribution in [1.29, 1.82) is 0 Å². The highest BCUT2D eigenvalue weighted by atomic mass is 16.5. The zero-order chi connectivity index (χ0) is 12.7. The van der Waals surface area contributed by atoms with Crippen LogP contribution in [0.5, 0.6) is 5.75 Å². The summed E-state index contributed by atoms with van der Waals surface area (Å²) >= 11 is 0. The van der Waals surface area contributed by atoms with E-state index in [-0.39, 0.29) is 12.0 Å². The number of carbonyl (C=O) groups is 1. The molecule has 0 aliphatic rings. The number of carbonyl (C=O) groups excluding carboxylic acids is 1. The lowest BCUT2D eigenvalue weighted by Gasteiger charge is -2.10. The predicted molar refractivity (Wildman–Crippen MR) is 64.5 cm³/mol. The summed E-state index contributed by atoms with van der Waals surface area (Å²) in [5.74, 6) is 0.594. The van der Waals surface area contributed by atoms with Gasteiger partial charge in [0.25, 0.3) is 0 Å². The lowest BCUT2D eigenvalue weighted by Crippen LogP contribution is -2.54. The number of rotatable bonds is 6. The second-order valence-electron chi connectivity index (χ2n) is 3.71. The third kappa shape index (κ3) is 4.44. The molecule has 0 bridgehead atoms. The van der Waals surface area contributed by atoms with Crippen LogP contribution >= 0.6 is 0 Å². The molecule has 3 N–H and O–H groups in total. The lowest BCUT2D eigenvalue weighted by molar-refractivity contribution is -0.425. The molecule has 17 heavy (non-hydrogen) atoms. The van der Waals surface area contributed by atoms with Gasteiger partial charge >= 0.3 is 5.97 Å². The molecular weight excluding hydrogens is 218 g/mol. The Hall–Kier alpha value is -1.55. The van der Waals surface area contributed by atoms with Crippen molar-refractivity contribution in [3.8, 4) is 5.75 Å². The van der Waals surface area contributed by atoms with Crippen molar-refractivity contribution in [2.24, 2.45) is 0 Å². The summed E-state index contributed by atoms with van der Waals surface area (Å²) in [5, 5.41) is 0. The molecule has 0 fully saturated rings. The van der Waals surface area contributed by atoms with Crippen LogP contribution in [0, 0.1) is 0 Å². The van der Waals surface area contributed by atoms with Gasteiger partial charge in [-0.15, -0.1) is 0 Å². The Kier molecular flexibility index (Phi) is 5.49. The van der Waals surface area contributed by atoms with E-state index in [1.807, 2.05) is 31.2 Å². The molecule has 0 saturated heterocycles. The Morgan fingerprint density at radius 2 is 2.12 bits per heavy atom. The Balaban J connectivity index is 2.64. The topological polar surface area (TPSA) is 63.2 Å². The fraction of sp³-hybridized carbons (Fsp3) is 0.462. The second kappa shape index (κ2) is 6.91. The minimum atomic E-state index is -0.214. The molecule has 0 radical (unpaired) electrons. The quantitative estimate of drug-likeness (QED) is 0.760. The van der Waals surface area contributed by atoms with Crippen molar-refractivity contribution in [1.82, 2.24) is 0 Å². The third-order valence-electron chi connectivity index (χ3n) is 2.36. The van der Waals surface area contributed by atoms with E-state index in [4.69, 9.17) is 9.47 Å². The van der Waals surface area contributed by atoms with E-state index in [9.17, 15) is 4.79 Å². The molecule has 4 heteroatoms. The van der Waals surface area contributed by atoms with Gasteiger partial charge in [-0.2, -0.15) is 0 Å². The summed E-state index contributed by atoms with van der Waals surface area (Å²) in [6, 6.07) is 7.56. The van der Waals surface area contributed by atoms with Gasteiger partial charge in [-0.3, -0.25) is 4.79 Å². The van der Waals surface area contributed by atoms with Crippen LogP contribution in [0.25, 0.3) is 0 Å². The first-order chi connectivity index (χ1) is 8.17. The highest BCUT2D eigenvalue weighted by Crippen LogP contribution is 2.19. The maximum atomic E-state index is 11.3. The SMILES string of the molecule is CCOC(=O)C[C@@H]([NH3+])c1cccc(OCC)c1. The smallest absolute Gasteiger partial charge is 0.312 e. The molecule has 4 nitrogen and oxygen atoms in total. The highest BCUT2D eigenvalue weighted by molar-refractivity contribution is 5.70. The van der Waals surface area contributed by atoms with E-state index in [0.717, 1.165) is 11.3 Å². The molecule has 1 rings (SSSR count). The number of hydrogen-bond donors (Lipinski definition) is 1. The van der Waals surface area contributed by atoms with Gasteiger partial charge in [-0.05, 0) is 26.0 Å². The maximum Gasteiger partial charge on any atom is 0.312 e. The highest BCUT2D eigenvalue weighted by Gasteiger charge is 2.16. The molecule has 0 heterocycles. The Labute approximate surface area is 102 Å². The molecule has 0 amide bonds. The number of hydrogen-bond acceptors (Lipinski definition) is 3. The fourth-order valence-electron chi connectivity index (χ4n) is 1.56. The van der Waals surface area contributed by atoms with Crippen LogP contribution in [-0.2, 0) is 9.53 Å². The number of benzene rings is 1. The van der Waals surface area contributed by atoms with Crippen molar-refractivity contribution in [3.05, 3.63) is 29.8 Å². The Morgan fingerprint density at radius 3 is 2.76 bits per heavy atom. The van der Waals surface area contributed by atoms with Gasteiger partial charge in [0.2, 0.25) is 0 Å². The van der Waals surface area contributed by atoms with Crippen LogP contribution in [0.4, 0.5) is 0 Å². The normalized spacial score (nSPS) is 11.9. The molecule has 0 saturated carbocycles. The molecular formula is C13H20NO3+. The molecule has 1 aromatic carbocycles. The zero-order valence-electron chi connectivity index (χ0n) is 10.4. The fourth-order valence-corrected chi connectivity index (χ4v) is 1.56. The summed E-state index contributed by atoms with van der Waals surface area (Å²) in [4.78, 5) is 11.3. The molecule has 0 aliphatic carbocycles. The van der Waals surface area contributed by atoms with E-state index >= 15 is 0 Å². The van der Waals surface area contributed by atoms with Crippen LogP contribution in [0.3, 0.4) is 0 Å². The van der Waals surface area contributed by atoms with E-state index in [2.05, 4.69) is 5.73 Å². The number of ether oxygens (including phenoxy) is 2. The van der Waals surface area contributed by atoms with E-state index in [0.29, 0.717) is 19.6 Å². The van der Waals surface area contributed by atoms with Gasteiger partial charge in [0.05, 0.1) is 13.2 Å². The van der Waals surface area contributed by atoms with Gasteiger partial charge in [-0.1, -0.05) is 12.1 Å². The molecule has 1 atom stereocenters. The largest absolute Gasteiger partial charge is 0.494 e. The summed E-state index contributed by atoms with van der Waals surface area (Å²) in [6.45, 7) is 4.77. The van der Waals surface area contributed by atoms with E-state index < -0.39 is 0 Å². The third-order valence-corrected chi connectivity index (χ3v) is 2.36. The number of quaternary nitrogens is 1. The predicted octanol–water partition coefficient (Wildman–Crippen LogP) is 1.32. The summed E-state index contributed by atoms with van der Waals surface area (Å²) in [5.41, 5.74) is 4.97. The minimum Gasteiger partial charge on any atom is -0.494 e. The lowest BCUT2D eigenvalue weighted by atomic mass is 10.0. The van der Waals surface area contributed by atoms with Crippen LogP contribution in [-0.4, -0.2) is 19.2 Å². The van der Waals surface area contributed by atoms with Crippen LogP contribution in [0.15, 0.2) is 24.3 Å². The van der Waals surface area contributed by atoms with Gasteiger partial charge in [0.15, 0.2) is 0 Å². The van der Waals surface area contributed by atoms with E-state index in [1.165, 1.54) is 0 Å². The standard InChI is InChI=1S/C13H19NO3/c1-3-16-11-7-5-6-10(8-11)12(14)9-13(15)17-4-2/h5-8,12H,3-4,9,14H2,1-2H3/p+1/t12-/m1/s1. The zero-order valence-corrected chi connectivity index (χ0v) is 10.4. The molecule has 0 spiro atoms. The first kappa shape index (κ1) is 13.5. The number of esters is 1. The van der Waals surface area contributed by atoms with Gasteiger partial charge < -0.3 is 15.2 Å². The van der Waals surface area contributed by atoms with Crippen molar-refractivity contribution in [2.45, 2.75) is 26.3 Å². The Bertz CT molecular complexity index is 365. The van der Waals surface area contributed by atoms with Gasteiger partial charge in [-0.25, -0.2) is 0 Å². The average molecular weight is 238 g/mol.